The van der Waals surface area contributed by atoms with Crippen LogP contribution in [-0.4, -0.2) is 10.9 Å². The van der Waals surface area contributed by atoms with Crippen LogP contribution in [0.2, 0.25) is 0 Å². The van der Waals surface area contributed by atoms with Crippen LogP contribution in [0.3, 0.4) is 0 Å². The van der Waals surface area contributed by atoms with Crippen LogP contribution in [0.15, 0.2) is 21.8 Å². The van der Waals surface area contributed by atoms with Crippen molar-refractivity contribution in [2.24, 2.45) is 5.16 Å². The molecule has 1 N–H and O–H groups in total. The van der Waals surface area contributed by atoms with E-state index in [9.17, 15) is 4.39 Å². The maximum atomic E-state index is 13.5. The summed E-state index contributed by atoms with van der Waals surface area (Å²) in [6.45, 7) is 0. The minimum Gasteiger partial charge on any atom is -0.411 e. The van der Waals surface area contributed by atoms with E-state index in [1.54, 1.807) is 6.07 Å². The van der Waals surface area contributed by atoms with E-state index in [0.29, 0.717) is 28.6 Å². The molecule has 0 aromatic heterocycles. The molecule has 1 aromatic carbocycles. The predicted molar refractivity (Wildman–Crippen MR) is 55.4 cm³/mol. The first-order chi connectivity index (χ1) is 6.72. The van der Waals surface area contributed by atoms with Crippen molar-refractivity contribution in [2.75, 3.05) is 0 Å². The molecule has 0 spiro atoms. The highest BCUT2D eigenvalue weighted by atomic mass is 79.9. The minimum absolute atomic E-state index is 0.227. The number of nitrogens with zero attached hydrogens (tertiary/aromatic N) is 1. The van der Waals surface area contributed by atoms with E-state index in [1.165, 1.54) is 6.07 Å². The van der Waals surface area contributed by atoms with Gasteiger partial charge in [-0.15, -0.1) is 0 Å². The van der Waals surface area contributed by atoms with Gasteiger partial charge in [0.25, 0.3) is 0 Å². The Bertz CT molecular complexity index is 403. The summed E-state index contributed by atoms with van der Waals surface area (Å²) in [5.41, 5.74) is 1.96. The monoisotopic (exact) mass is 257 g/mol. The largest absolute Gasteiger partial charge is 0.411 e. The third kappa shape index (κ3) is 1.54. The van der Waals surface area contributed by atoms with E-state index < -0.39 is 0 Å². The molecule has 0 aliphatic heterocycles. The van der Waals surface area contributed by atoms with Crippen molar-refractivity contribution in [3.8, 4) is 0 Å². The molecule has 0 unspecified atom stereocenters. The van der Waals surface area contributed by atoms with Gasteiger partial charge in [0.2, 0.25) is 0 Å². The summed E-state index contributed by atoms with van der Waals surface area (Å²) in [5.74, 6) is -0.227. The van der Waals surface area contributed by atoms with Crippen molar-refractivity contribution in [2.45, 2.75) is 19.3 Å². The Labute approximate surface area is 89.6 Å². The Balaban J connectivity index is 2.62. The molecule has 4 heteroatoms. The number of hydrogen-bond acceptors (Lipinski definition) is 2. The first kappa shape index (κ1) is 9.65. The van der Waals surface area contributed by atoms with Crippen LogP contribution in [0, 0.1) is 5.82 Å². The molecule has 0 fully saturated rings. The zero-order chi connectivity index (χ0) is 10.1. The second kappa shape index (κ2) is 3.69. The molecule has 0 saturated heterocycles. The molecule has 14 heavy (non-hydrogen) atoms. The van der Waals surface area contributed by atoms with Gasteiger partial charge in [0.15, 0.2) is 0 Å². The lowest BCUT2D eigenvalue weighted by Crippen LogP contribution is -2.13. The zero-order valence-electron chi connectivity index (χ0n) is 7.43. The van der Waals surface area contributed by atoms with Crippen molar-refractivity contribution in [1.29, 1.82) is 0 Å². The summed E-state index contributed by atoms with van der Waals surface area (Å²) in [7, 11) is 0. The normalized spacial score (nSPS) is 18.3. The molecule has 0 radical (unpaired) electrons. The van der Waals surface area contributed by atoms with Crippen molar-refractivity contribution in [1.82, 2.24) is 0 Å². The van der Waals surface area contributed by atoms with Gasteiger partial charge < -0.3 is 5.21 Å². The van der Waals surface area contributed by atoms with E-state index in [-0.39, 0.29) is 5.82 Å². The molecular weight excluding hydrogens is 249 g/mol. The first-order valence-corrected chi connectivity index (χ1v) is 5.21. The molecule has 1 aromatic rings. The van der Waals surface area contributed by atoms with Gasteiger partial charge in [-0.05, 0) is 37.0 Å². The average molecular weight is 258 g/mol. The van der Waals surface area contributed by atoms with E-state index in [4.69, 9.17) is 5.21 Å². The third-order valence-corrected chi connectivity index (χ3v) is 2.89. The average Bonchev–Trinajstić information content (AvgIpc) is 2.17. The highest BCUT2D eigenvalue weighted by Crippen LogP contribution is 2.27. The summed E-state index contributed by atoms with van der Waals surface area (Å²) in [5, 5.41) is 12.0. The molecule has 2 nitrogen and oxygen atoms in total. The quantitative estimate of drug-likeness (QED) is 0.562. The number of fused-ring (bicyclic) bond motifs is 1. The first-order valence-electron chi connectivity index (χ1n) is 4.41. The SMILES string of the molecule is ON=C1CCCc2c(F)cc(Br)cc21. The van der Waals surface area contributed by atoms with Crippen LogP contribution >= 0.6 is 15.9 Å². The van der Waals surface area contributed by atoms with Gasteiger partial charge in [0, 0.05) is 10.0 Å². The number of rotatable bonds is 0. The van der Waals surface area contributed by atoms with Gasteiger partial charge in [-0.25, -0.2) is 4.39 Å². The minimum atomic E-state index is -0.227. The predicted octanol–water partition coefficient (Wildman–Crippen LogP) is 3.10. The van der Waals surface area contributed by atoms with E-state index in [0.717, 1.165) is 12.0 Å². The maximum Gasteiger partial charge on any atom is 0.128 e. The van der Waals surface area contributed by atoms with Crippen LogP contribution in [0.5, 0.6) is 0 Å². The van der Waals surface area contributed by atoms with Crippen molar-refractivity contribution in [3.63, 3.8) is 0 Å². The van der Waals surface area contributed by atoms with Crippen LogP contribution in [0.25, 0.3) is 0 Å². The number of benzene rings is 1. The second-order valence-corrected chi connectivity index (χ2v) is 4.23. The van der Waals surface area contributed by atoms with Gasteiger partial charge in [0.05, 0.1) is 5.71 Å². The van der Waals surface area contributed by atoms with Crippen LogP contribution in [0.4, 0.5) is 4.39 Å². The Morgan fingerprint density at radius 3 is 2.86 bits per heavy atom. The molecule has 0 atom stereocenters. The molecule has 2 rings (SSSR count). The molecule has 74 valence electrons. The zero-order valence-corrected chi connectivity index (χ0v) is 9.01. The van der Waals surface area contributed by atoms with Gasteiger partial charge in [0.1, 0.15) is 5.82 Å². The molecule has 0 heterocycles. The maximum absolute atomic E-state index is 13.5. The summed E-state index contributed by atoms with van der Waals surface area (Å²) in [6, 6.07) is 3.24. The Morgan fingerprint density at radius 2 is 2.14 bits per heavy atom. The number of halogens is 2. The lowest BCUT2D eigenvalue weighted by Gasteiger charge is -2.17. The van der Waals surface area contributed by atoms with Gasteiger partial charge in [-0.3, -0.25) is 0 Å². The summed E-state index contributed by atoms with van der Waals surface area (Å²) in [4.78, 5) is 0. The van der Waals surface area contributed by atoms with Crippen LogP contribution in [-0.2, 0) is 6.42 Å². The van der Waals surface area contributed by atoms with Gasteiger partial charge in [-0.2, -0.15) is 0 Å². The second-order valence-electron chi connectivity index (χ2n) is 3.31. The van der Waals surface area contributed by atoms with Crippen molar-refractivity contribution >= 4 is 21.6 Å². The number of oxime groups is 1. The lowest BCUT2D eigenvalue weighted by atomic mass is 9.90. The van der Waals surface area contributed by atoms with Crippen molar-refractivity contribution in [3.05, 3.63) is 33.5 Å². The Morgan fingerprint density at radius 1 is 1.36 bits per heavy atom. The fourth-order valence-corrected chi connectivity index (χ4v) is 2.22. The molecule has 0 amide bonds. The highest BCUT2D eigenvalue weighted by Gasteiger charge is 2.19. The summed E-state index contributed by atoms with van der Waals surface area (Å²) in [6.07, 6.45) is 2.26. The summed E-state index contributed by atoms with van der Waals surface area (Å²) >= 11 is 3.22. The molecule has 0 saturated carbocycles. The van der Waals surface area contributed by atoms with E-state index in [1.807, 2.05) is 0 Å². The fraction of sp³-hybridized carbons (Fsp3) is 0.300. The smallest absolute Gasteiger partial charge is 0.128 e. The van der Waals surface area contributed by atoms with Gasteiger partial charge >= 0.3 is 0 Å². The topological polar surface area (TPSA) is 32.6 Å². The van der Waals surface area contributed by atoms with Gasteiger partial charge in [-0.1, -0.05) is 21.1 Å². The standard InChI is InChI=1S/C10H9BrFNO/c11-6-4-8-7(9(12)5-6)2-1-3-10(8)13-14/h4-5,14H,1-3H2. The van der Waals surface area contributed by atoms with Crippen LogP contribution in [0.1, 0.15) is 24.0 Å². The molecule has 1 aliphatic carbocycles. The molecule has 1 aliphatic rings. The highest BCUT2D eigenvalue weighted by molar-refractivity contribution is 9.10. The molecule has 0 bridgehead atoms. The lowest BCUT2D eigenvalue weighted by molar-refractivity contribution is 0.317. The van der Waals surface area contributed by atoms with E-state index in [2.05, 4.69) is 21.1 Å². The van der Waals surface area contributed by atoms with Crippen LogP contribution < -0.4 is 0 Å². The Kier molecular flexibility index (Phi) is 2.54. The third-order valence-electron chi connectivity index (χ3n) is 2.43. The molecular formula is C10H9BrFNO. The fourth-order valence-electron chi connectivity index (χ4n) is 1.79. The van der Waals surface area contributed by atoms with E-state index >= 15 is 0 Å². The summed E-state index contributed by atoms with van der Waals surface area (Å²) < 4.78 is 14.2. The number of hydrogen-bond donors (Lipinski definition) is 1. The Hall–Kier alpha value is -0.900. The van der Waals surface area contributed by atoms with Crippen molar-refractivity contribution < 1.29 is 9.60 Å².